The lowest BCUT2D eigenvalue weighted by molar-refractivity contribution is -0.148. The molecule has 0 atom stereocenters. The zero-order valence-corrected chi connectivity index (χ0v) is 12.9. The van der Waals surface area contributed by atoms with Crippen molar-refractivity contribution < 1.29 is 13.2 Å². The molecule has 0 rings (SSSR count). The van der Waals surface area contributed by atoms with Crippen molar-refractivity contribution in [1.29, 1.82) is 0 Å². The van der Waals surface area contributed by atoms with E-state index >= 15 is 0 Å². The van der Waals surface area contributed by atoms with E-state index in [-0.39, 0.29) is 5.41 Å². The summed E-state index contributed by atoms with van der Waals surface area (Å²) in [5, 5.41) is 3.33. The molecule has 0 fully saturated rings. The van der Waals surface area contributed by atoms with Gasteiger partial charge in [-0.1, -0.05) is 34.6 Å². The van der Waals surface area contributed by atoms with Crippen molar-refractivity contribution in [3.63, 3.8) is 0 Å². The molecule has 19 heavy (non-hydrogen) atoms. The van der Waals surface area contributed by atoms with E-state index in [0.29, 0.717) is 19.0 Å². The minimum atomic E-state index is -4.11. The highest BCUT2D eigenvalue weighted by molar-refractivity contribution is 4.78. The molecule has 0 heterocycles. The Morgan fingerprint density at radius 3 is 2.11 bits per heavy atom. The summed E-state index contributed by atoms with van der Waals surface area (Å²) < 4.78 is 37.5. The lowest BCUT2D eigenvalue weighted by Gasteiger charge is -2.33. The van der Waals surface area contributed by atoms with Gasteiger partial charge in [-0.25, -0.2) is 0 Å². The van der Waals surface area contributed by atoms with Crippen LogP contribution in [0.5, 0.6) is 0 Å². The van der Waals surface area contributed by atoms with Gasteiger partial charge in [0.1, 0.15) is 0 Å². The van der Waals surface area contributed by atoms with Crippen molar-refractivity contribution in [3.8, 4) is 0 Å². The van der Waals surface area contributed by atoms with Gasteiger partial charge in [0.25, 0.3) is 0 Å². The van der Waals surface area contributed by atoms with Gasteiger partial charge in [-0.3, -0.25) is 4.90 Å². The molecule has 0 aromatic rings. The first kappa shape index (κ1) is 18.7. The average molecular weight is 282 g/mol. The lowest BCUT2D eigenvalue weighted by atomic mass is 9.92. The van der Waals surface area contributed by atoms with Gasteiger partial charge in [-0.05, 0) is 30.8 Å². The van der Waals surface area contributed by atoms with E-state index in [4.69, 9.17) is 0 Å². The molecule has 1 N–H and O–H groups in total. The van der Waals surface area contributed by atoms with E-state index in [1.54, 1.807) is 0 Å². The van der Waals surface area contributed by atoms with E-state index in [0.717, 1.165) is 19.5 Å². The van der Waals surface area contributed by atoms with Crippen LogP contribution in [-0.4, -0.2) is 43.8 Å². The summed E-state index contributed by atoms with van der Waals surface area (Å²) in [5.41, 5.74) is -0.157. The van der Waals surface area contributed by atoms with Gasteiger partial charge in [0.2, 0.25) is 0 Å². The van der Waals surface area contributed by atoms with Crippen LogP contribution < -0.4 is 5.32 Å². The van der Waals surface area contributed by atoms with Crippen LogP contribution in [0.1, 0.15) is 41.0 Å². The molecule has 0 aliphatic heterocycles. The molecule has 0 saturated carbocycles. The Kier molecular flexibility index (Phi) is 7.98. The molecule has 0 amide bonds. The quantitative estimate of drug-likeness (QED) is 0.696. The van der Waals surface area contributed by atoms with Crippen LogP contribution in [0.3, 0.4) is 0 Å². The largest absolute Gasteiger partial charge is 0.401 e. The molecule has 0 bridgehead atoms. The van der Waals surface area contributed by atoms with Crippen LogP contribution >= 0.6 is 0 Å². The third-order valence-corrected chi connectivity index (χ3v) is 2.75. The highest BCUT2D eigenvalue weighted by Crippen LogP contribution is 2.21. The Morgan fingerprint density at radius 1 is 1.11 bits per heavy atom. The molecular formula is C14H29F3N2. The zero-order chi connectivity index (χ0) is 15.1. The molecule has 0 aromatic carbocycles. The fourth-order valence-corrected chi connectivity index (χ4v) is 2.14. The third kappa shape index (κ3) is 11.3. The molecular weight excluding hydrogens is 253 g/mol. The highest BCUT2D eigenvalue weighted by Gasteiger charge is 2.32. The minimum Gasteiger partial charge on any atom is -0.316 e. The van der Waals surface area contributed by atoms with Gasteiger partial charge in [0.05, 0.1) is 6.54 Å². The van der Waals surface area contributed by atoms with Crippen molar-refractivity contribution in [1.82, 2.24) is 10.2 Å². The molecule has 0 aliphatic carbocycles. The number of nitrogens with zero attached hydrogens (tertiary/aromatic N) is 1. The normalized spacial score (nSPS) is 13.6. The summed E-state index contributed by atoms with van der Waals surface area (Å²) in [6, 6.07) is 0. The summed E-state index contributed by atoms with van der Waals surface area (Å²) in [6.45, 7) is 12.0. The van der Waals surface area contributed by atoms with Crippen molar-refractivity contribution in [2.45, 2.75) is 47.2 Å². The number of nitrogens with one attached hydrogen (secondary N) is 1. The zero-order valence-electron chi connectivity index (χ0n) is 12.9. The summed E-state index contributed by atoms with van der Waals surface area (Å²) >= 11 is 0. The molecule has 116 valence electrons. The van der Waals surface area contributed by atoms with Gasteiger partial charge >= 0.3 is 6.18 Å². The van der Waals surface area contributed by atoms with Crippen molar-refractivity contribution >= 4 is 0 Å². The van der Waals surface area contributed by atoms with Crippen LogP contribution in [0.15, 0.2) is 0 Å². The second-order valence-electron chi connectivity index (χ2n) is 6.51. The average Bonchev–Trinajstić information content (AvgIpc) is 2.12. The minimum absolute atomic E-state index is 0.157. The Morgan fingerprint density at radius 2 is 1.68 bits per heavy atom. The van der Waals surface area contributed by atoms with Crippen LogP contribution in [0.25, 0.3) is 0 Å². The molecule has 2 nitrogen and oxygen atoms in total. The fourth-order valence-electron chi connectivity index (χ4n) is 2.14. The smallest absolute Gasteiger partial charge is 0.316 e. The second-order valence-corrected chi connectivity index (χ2v) is 6.51. The fraction of sp³-hybridized carbons (Fsp3) is 1.00. The molecule has 0 saturated heterocycles. The number of hydrogen-bond donors (Lipinski definition) is 1. The summed E-state index contributed by atoms with van der Waals surface area (Å²) in [7, 11) is 0. The molecule has 0 aliphatic rings. The molecule has 5 heteroatoms. The molecule has 0 radical (unpaired) electrons. The SMILES string of the molecule is CCCN(CC(F)(F)F)CC(C)(C)CNCC(C)C. The monoisotopic (exact) mass is 282 g/mol. The van der Waals surface area contributed by atoms with E-state index in [1.165, 1.54) is 4.90 Å². The Labute approximate surface area is 115 Å². The summed E-state index contributed by atoms with van der Waals surface area (Å²) in [5.74, 6) is 0.553. The first-order chi connectivity index (χ1) is 8.56. The van der Waals surface area contributed by atoms with Gasteiger partial charge < -0.3 is 5.32 Å². The Bertz CT molecular complexity index is 237. The predicted molar refractivity (Wildman–Crippen MR) is 74.3 cm³/mol. The molecule has 0 spiro atoms. The van der Waals surface area contributed by atoms with Crippen LogP contribution in [0.4, 0.5) is 13.2 Å². The first-order valence-corrected chi connectivity index (χ1v) is 7.05. The summed E-state index contributed by atoms with van der Waals surface area (Å²) in [6.07, 6.45) is -3.37. The third-order valence-electron chi connectivity index (χ3n) is 2.75. The van der Waals surface area contributed by atoms with E-state index in [2.05, 4.69) is 19.2 Å². The van der Waals surface area contributed by atoms with Gasteiger partial charge in [0, 0.05) is 13.1 Å². The topological polar surface area (TPSA) is 15.3 Å². The maximum atomic E-state index is 12.5. The first-order valence-electron chi connectivity index (χ1n) is 7.05. The number of halogens is 3. The van der Waals surface area contributed by atoms with Crippen LogP contribution in [0.2, 0.25) is 0 Å². The summed E-state index contributed by atoms with van der Waals surface area (Å²) in [4.78, 5) is 1.51. The highest BCUT2D eigenvalue weighted by atomic mass is 19.4. The van der Waals surface area contributed by atoms with E-state index < -0.39 is 12.7 Å². The second kappa shape index (κ2) is 8.10. The predicted octanol–water partition coefficient (Wildman–Crippen LogP) is 3.53. The Hall–Kier alpha value is -0.290. The lowest BCUT2D eigenvalue weighted by Crippen LogP contribution is -2.44. The standard InChI is InChI=1S/C14H29F3N2/c1-6-7-19(11-14(15,16)17)10-13(4,5)9-18-8-12(2)3/h12,18H,6-11H2,1-5H3. The van der Waals surface area contributed by atoms with Crippen LogP contribution in [-0.2, 0) is 0 Å². The van der Waals surface area contributed by atoms with Crippen molar-refractivity contribution in [2.75, 3.05) is 32.7 Å². The number of rotatable bonds is 9. The van der Waals surface area contributed by atoms with E-state index in [1.807, 2.05) is 20.8 Å². The Balaban J connectivity index is 4.30. The molecule has 0 aromatic heterocycles. The maximum absolute atomic E-state index is 12.5. The van der Waals surface area contributed by atoms with Crippen molar-refractivity contribution in [3.05, 3.63) is 0 Å². The van der Waals surface area contributed by atoms with Gasteiger partial charge in [0.15, 0.2) is 0 Å². The number of alkyl halides is 3. The number of hydrogen-bond acceptors (Lipinski definition) is 2. The molecule has 0 unspecified atom stereocenters. The van der Waals surface area contributed by atoms with E-state index in [9.17, 15) is 13.2 Å². The maximum Gasteiger partial charge on any atom is 0.401 e. The van der Waals surface area contributed by atoms with Gasteiger partial charge in [-0.2, -0.15) is 13.2 Å². The van der Waals surface area contributed by atoms with Gasteiger partial charge in [-0.15, -0.1) is 0 Å². The van der Waals surface area contributed by atoms with Crippen LogP contribution in [0, 0.1) is 11.3 Å². The van der Waals surface area contributed by atoms with Crippen molar-refractivity contribution in [2.24, 2.45) is 11.3 Å².